The molecule has 9 nitrogen and oxygen atoms in total. The molecule has 24 heavy (non-hydrogen) atoms. The van der Waals surface area contributed by atoms with Crippen LogP contribution in [-0.2, 0) is 22.6 Å². The maximum absolute atomic E-state index is 11.6. The van der Waals surface area contributed by atoms with E-state index in [2.05, 4.69) is 27.0 Å². The predicted molar refractivity (Wildman–Crippen MR) is 82.2 cm³/mol. The number of ether oxygens (including phenoxy) is 2. The van der Waals surface area contributed by atoms with Crippen molar-refractivity contribution >= 4 is 11.9 Å². The molecule has 0 saturated heterocycles. The number of H-pyrrole nitrogens is 1. The number of amides is 1. The third kappa shape index (κ3) is 4.58. The van der Waals surface area contributed by atoms with E-state index in [1.165, 1.54) is 6.07 Å². The second-order valence-corrected chi connectivity index (χ2v) is 5.22. The van der Waals surface area contributed by atoms with Crippen molar-refractivity contribution in [3.63, 3.8) is 0 Å². The minimum atomic E-state index is -0.735. The number of hydrogen-bond acceptors (Lipinski definition) is 7. The van der Waals surface area contributed by atoms with Gasteiger partial charge in [-0.15, -0.1) is 5.10 Å². The first kappa shape index (κ1) is 17.5. The molecule has 0 radical (unpaired) electrons. The zero-order chi connectivity index (χ0) is 17.5. The van der Waals surface area contributed by atoms with Crippen LogP contribution in [-0.4, -0.2) is 33.8 Å². The second kappa shape index (κ2) is 8.14. The third-order valence-electron chi connectivity index (χ3n) is 3.32. The van der Waals surface area contributed by atoms with Crippen molar-refractivity contribution in [1.29, 1.82) is 0 Å². The number of aromatic nitrogens is 3. The number of unbranched alkanes of at least 4 members (excludes halogenated alkanes) is 1. The van der Waals surface area contributed by atoms with Gasteiger partial charge in [-0.25, -0.2) is 4.79 Å². The van der Waals surface area contributed by atoms with Crippen LogP contribution < -0.4 is 10.5 Å². The minimum Gasteiger partial charge on any atom is -0.472 e. The highest BCUT2D eigenvalue weighted by atomic mass is 16.5. The highest BCUT2D eigenvalue weighted by Gasteiger charge is 2.16. The fraction of sp³-hybridized carbons (Fsp3) is 0.467. The first-order valence-electron chi connectivity index (χ1n) is 7.59. The number of nitrogens with one attached hydrogen (secondary N) is 1. The molecular weight excluding hydrogens is 316 g/mol. The monoisotopic (exact) mass is 336 g/mol. The van der Waals surface area contributed by atoms with Gasteiger partial charge in [0.15, 0.2) is 6.61 Å². The van der Waals surface area contributed by atoms with Crippen LogP contribution in [0.4, 0.5) is 0 Å². The maximum atomic E-state index is 11.6. The number of carbonyl (C=O) groups is 2. The van der Waals surface area contributed by atoms with E-state index in [0.717, 1.165) is 30.5 Å². The fourth-order valence-corrected chi connectivity index (χ4v) is 2.01. The quantitative estimate of drug-likeness (QED) is 0.659. The molecule has 130 valence electrons. The molecule has 0 fully saturated rings. The molecular formula is C15H20N4O5. The summed E-state index contributed by atoms with van der Waals surface area (Å²) in [5, 5.41) is 10.4. The number of hydrogen-bond donors (Lipinski definition) is 2. The molecule has 0 aliphatic rings. The number of aryl methyl sites for hydroxylation is 2. The van der Waals surface area contributed by atoms with E-state index < -0.39 is 18.5 Å². The van der Waals surface area contributed by atoms with Gasteiger partial charge < -0.3 is 19.7 Å². The Hall–Kier alpha value is -2.84. The van der Waals surface area contributed by atoms with Gasteiger partial charge in [0, 0.05) is 6.07 Å². The summed E-state index contributed by atoms with van der Waals surface area (Å²) >= 11 is 0. The standard InChI is InChI=1S/C15H20N4O5/c1-3-4-5-11-10(9(2)24-19-11)7-22-14-6-12(17-18-14)15(21)23-8-13(16)20/h6H,3-5,7-8H2,1-2H3,(H2,16,20)(H,17,18). The lowest BCUT2D eigenvalue weighted by molar-refractivity contribution is -0.121. The van der Waals surface area contributed by atoms with Crippen molar-refractivity contribution in [2.24, 2.45) is 5.73 Å². The Morgan fingerprint density at radius 2 is 2.21 bits per heavy atom. The number of rotatable bonds is 9. The predicted octanol–water partition coefficient (Wildman–Crippen LogP) is 1.27. The molecule has 0 unspecified atom stereocenters. The molecule has 0 saturated carbocycles. The molecule has 0 aliphatic heterocycles. The van der Waals surface area contributed by atoms with Crippen molar-refractivity contribution in [3.8, 4) is 5.88 Å². The van der Waals surface area contributed by atoms with Gasteiger partial charge in [-0.1, -0.05) is 18.5 Å². The Morgan fingerprint density at radius 3 is 2.92 bits per heavy atom. The molecule has 1 amide bonds. The van der Waals surface area contributed by atoms with E-state index in [-0.39, 0.29) is 18.2 Å². The van der Waals surface area contributed by atoms with E-state index in [1.54, 1.807) is 0 Å². The average molecular weight is 336 g/mol. The highest BCUT2D eigenvalue weighted by molar-refractivity contribution is 5.89. The van der Waals surface area contributed by atoms with Crippen LogP contribution in [0.2, 0.25) is 0 Å². The first-order valence-corrected chi connectivity index (χ1v) is 7.59. The van der Waals surface area contributed by atoms with Crippen molar-refractivity contribution in [1.82, 2.24) is 15.4 Å². The van der Waals surface area contributed by atoms with Crippen molar-refractivity contribution < 1.29 is 23.6 Å². The van der Waals surface area contributed by atoms with E-state index in [9.17, 15) is 9.59 Å². The Bertz CT molecular complexity index is 707. The van der Waals surface area contributed by atoms with E-state index >= 15 is 0 Å². The van der Waals surface area contributed by atoms with Crippen LogP contribution in [0.5, 0.6) is 5.88 Å². The molecule has 2 aromatic heterocycles. The van der Waals surface area contributed by atoms with Crippen LogP contribution in [0, 0.1) is 6.92 Å². The van der Waals surface area contributed by atoms with Crippen LogP contribution in [0.15, 0.2) is 10.6 Å². The lowest BCUT2D eigenvalue weighted by Crippen LogP contribution is -2.21. The van der Waals surface area contributed by atoms with Gasteiger partial charge in [-0.2, -0.15) is 0 Å². The molecule has 2 aromatic rings. The van der Waals surface area contributed by atoms with E-state index in [0.29, 0.717) is 5.76 Å². The Kier molecular flexibility index (Phi) is 5.94. The van der Waals surface area contributed by atoms with Crippen LogP contribution in [0.1, 0.15) is 47.3 Å². The largest absolute Gasteiger partial charge is 0.472 e. The van der Waals surface area contributed by atoms with Crippen molar-refractivity contribution in [2.75, 3.05) is 6.61 Å². The fourth-order valence-electron chi connectivity index (χ4n) is 2.01. The number of esters is 1. The summed E-state index contributed by atoms with van der Waals surface area (Å²) < 4.78 is 15.4. The van der Waals surface area contributed by atoms with Gasteiger partial charge in [-0.05, 0) is 19.8 Å². The number of nitrogens with two attached hydrogens (primary N) is 1. The van der Waals surface area contributed by atoms with E-state index in [1.807, 2.05) is 6.92 Å². The summed E-state index contributed by atoms with van der Waals surface area (Å²) in [5.74, 6) is -0.552. The molecule has 0 bridgehead atoms. The maximum Gasteiger partial charge on any atom is 0.356 e. The number of primary amides is 1. The summed E-state index contributed by atoms with van der Waals surface area (Å²) in [6, 6.07) is 1.39. The summed E-state index contributed by atoms with van der Waals surface area (Å²) in [6.45, 7) is 3.66. The summed E-state index contributed by atoms with van der Waals surface area (Å²) in [6.07, 6.45) is 2.89. The SMILES string of the molecule is CCCCc1noc(C)c1COc1cc(C(=O)OCC(N)=O)[nH]n1. The van der Waals surface area contributed by atoms with Gasteiger partial charge in [-0.3, -0.25) is 9.89 Å². The van der Waals surface area contributed by atoms with E-state index in [4.69, 9.17) is 15.0 Å². The molecule has 0 atom stereocenters. The highest BCUT2D eigenvalue weighted by Crippen LogP contribution is 2.19. The Morgan fingerprint density at radius 1 is 1.42 bits per heavy atom. The lowest BCUT2D eigenvalue weighted by atomic mass is 10.1. The zero-order valence-corrected chi connectivity index (χ0v) is 13.6. The van der Waals surface area contributed by atoms with Gasteiger partial charge in [0.1, 0.15) is 18.1 Å². The number of aromatic amines is 1. The smallest absolute Gasteiger partial charge is 0.356 e. The molecule has 2 heterocycles. The summed E-state index contributed by atoms with van der Waals surface area (Å²) in [4.78, 5) is 22.2. The number of carbonyl (C=O) groups excluding carboxylic acids is 2. The average Bonchev–Trinajstić information content (AvgIpc) is 3.15. The van der Waals surface area contributed by atoms with Gasteiger partial charge in [0.05, 0.1) is 11.3 Å². The van der Waals surface area contributed by atoms with Gasteiger partial charge in [0.2, 0.25) is 5.88 Å². The second-order valence-electron chi connectivity index (χ2n) is 5.22. The van der Waals surface area contributed by atoms with Gasteiger partial charge in [0.25, 0.3) is 5.91 Å². The third-order valence-corrected chi connectivity index (χ3v) is 3.32. The molecule has 9 heteroatoms. The Balaban J connectivity index is 1.95. The molecule has 0 spiro atoms. The number of nitrogens with zero attached hydrogens (tertiary/aromatic N) is 2. The molecule has 0 aliphatic carbocycles. The molecule has 3 N–H and O–H groups in total. The summed E-state index contributed by atoms with van der Waals surface area (Å²) in [7, 11) is 0. The topological polar surface area (TPSA) is 133 Å². The van der Waals surface area contributed by atoms with Crippen LogP contribution >= 0.6 is 0 Å². The zero-order valence-electron chi connectivity index (χ0n) is 13.6. The van der Waals surface area contributed by atoms with Crippen molar-refractivity contribution in [3.05, 3.63) is 28.8 Å². The normalized spacial score (nSPS) is 10.6. The first-order chi connectivity index (χ1) is 11.5. The van der Waals surface area contributed by atoms with Crippen LogP contribution in [0.25, 0.3) is 0 Å². The lowest BCUT2D eigenvalue weighted by Gasteiger charge is -2.03. The van der Waals surface area contributed by atoms with Crippen LogP contribution in [0.3, 0.4) is 0 Å². The van der Waals surface area contributed by atoms with Gasteiger partial charge >= 0.3 is 5.97 Å². The molecule has 0 aromatic carbocycles. The molecule has 2 rings (SSSR count). The minimum absolute atomic E-state index is 0.0690. The summed E-state index contributed by atoms with van der Waals surface area (Å²) in [5.41, 5.74) is 6.72. The Labute approximate surface area is 138 Å². The van der Waals surface area contributed by atoms with Crippen molar-refractivity contribution in [2.45, 2.75) is 39.7 Å².